The molecule has 0 atom stereocenters. The fraction of sp³-hybridized carbons (Fsp3) is 0.467. The Bertz CT molecular complexity index is 780. The van der Waals surface area contributed by atoms with Crippen molar-refractivity contribution in [1.82, 2.24) is 9.78 Å². The minimum atomic E-state index is -0.748. The molecule has 0 spiro atoms. The highest BCUT2D eigenvalue weighted by Gasteiger charge is 2.26. The maximum atomic E-state index is 11.1. The van der Waals surface area contributed by atoms with E-state index in [1.165, 1.54) is 13.2 Å². The first kappa shape index (κ1) is 16.0. The van der Waals surface area contributed by atoms with Crippen LogP contribution < -0.4 is 10.5 Å². The van der Waals surface area contributed by atoms with Crippen molar-refractivity contribution in [2.75, 3.05) is 7.11 Å². The van der Waals surface area contributed by atoms with Gasteiger partial charge in [0.25, 0.3) is 0 Å². The summed E-state index contributed by atoms with van der Waals surface area (Å²) in [5, 5.41) is 16.3. The normalized spacial score (nSPS) is 20.7. The Morgan fingerprint density at radius 3 is 2.67 bits per heavy atom. The average Bonchev–Trinajstić information content (AvgIpc) is 2.96. The molecule has 128 valence electrons. The van der Waals surface area contributed by atoms with Gasteiger partial charge in [-0.25, -0.2) is 4.79 Å². The van der Waals surface area contributed by atoms with Crippen LogP contribution in [0.5, 0.6) is 5.75 Å². The number of nitro groups is 1. The van der Waals surface area contributed by atoms with Gasteiger partial charge in [0.1, 0.15) is 6.10 Å². The summed E-state index contributed by atoms with van der Waals surface area (Å²) in [7, 11) is 1.39. The highest BCUT2D eigenvalue weighted by atomic mass is 16.6. The van der Waals surface area contributed by atoms with Gasteiger partial charge in [-0.05, 0) is 25.7 Å². The van der Waals surface area contributed by atoms with Crippen LogP contribution in [0.1, 0.15) is 31.7 Å². The molecule has 1 amide bonds. The van der Waals surface area contributed by atoms with Crippen LogP contribution in [0.15, 0.2) is 18.3 Å². The molecule has 0 aliphatic heterocycles. The van der Waals surface area contributed by atoms with Crippen molar-refractivity contribution in [1.29, 1.82) is 0 Å². The van der Waals surface area contributed by atoms with Crippen LogP contribution in [-0.2, 0) is 4.74 Å². The lowest BCUT2D eigenvalue weighted by Crippen LogP contribution is -2.28. The number of ether oxygens (including phenoxy) is 2. The van der Waals surface area contributed by atoms with Gasteiger partial charge < -0.3 is 15.2 Å². The predicted octanol–water partition coefficient (Wildman–Crippen LogP) is 2.53. The van der Waals surface area contributed by atoms with Gasteiger partial charge in [0, 0.05) is 23.7 Å². The Morgan fingerprint density at radius 1 is 1.38 bits per heavy atom. The summed E-state index contributed by atoms with van der Waals surface area (Å²) in [6, 6.07) is 3.21. The molecule has 1 fully saturated rings. The number of primary amides is 1. The molecule has 2 N–H and O–H groups in total. The summed E-state index contributed by atoms with van der Waals surface area (Å²) in [6.07, 6.45) is 3.94. The number of hydrogen-bond donors (Lipinski definition) is 1. The minimum Gasteiger partial charge on any atom is -0.490 e. The van der Waals surface area contributed by atoms with Crippen molar-refractivity contribution < 1.29 is 19.2 Å². The lowest BCUT2D eigenvalue weighted by Gasteiger charge is -2.27. The van der Waals surface area contributed by atoms with Crippen LogP contribution in [0.2, 0.25) is 0 Å². The second-order valence-corrected chi connectivity index (χ2v) is 5.82. The van der Waals surface area contributed by atoms with E-state index < -0.39 is 11.0 Å². The van der Waals surface area contributed by atoms with E-state index >= 15 is 0 Å². The lowest BCUT2D eigenvalue weighted by atomic mass is 9.93. The molecule has 2 aromatic rings. The molecular formula is C15H18N4O5. The predicted molar refractivity (Wildman–Crippen MR) is 84.9 cm³/mol. The number of carbonyl (C=O) groups excluding carboxylic acids is 1. The Hall–Kier alpha value is -2.84. The quantitative estimate of drug-likeness (QED) is 0.677. The number of fused-ring (bicyclic) bond motifs is 1. The molecule has 1 aromatic carbocycles. The highest BCUT2D eigenvalue weighted by Crippen LogP contribution is 2.34. The van der Waals surface area contributed by atoms with Gasteiger partial charge >= 0.3 is 11.8 Å². The number of amides is 1. The molecule has 24 heavy (non-hydrogen) atoms. The van der Waals surface area contributed by atoms with Gasteiger partial charge in [0.2, 0.25) is 0 Å². The van der Waals surface area contributed by atoms with Gasteiger partial charge in [-0.15, -0.1) is 0 Å². The molecule has 9 nitrogen and oxygen atoms in total. The summed E-state index contributed by atoms with van der Waals surface area (Å²) in [6.45, 7) is 0. The molecule has 0 saturated heterocycles. The van der Waals surface area contributed by atoms with Gasteiger partial charge in [-0.2, -0.15) is 5.10 Å². The molecule has 1 heterocycles. The number of methoxy groups -OCH3 is 1. The zero-order valence-corrected chi connectivity index (χ0v) is 13.2. The Labute approximate surface area is 137 Å². The average molecular weight is 334 g/mol. The number of rotatable bonds is 4. The van der Waals surface area contributed by atoms with Crippen LogP contribution in [0, 0.1) is 10.1 Å². The second kappa shape index (κ2) is 6.34. The third-order valence-corrected chi connectivity index (χ3v) is 4.32. The number of nitrogens with two attached hydrogens (primary N) is 1. The monoisotopic (exact) mass is 334 g/mol. The molecule has 1 aromatic heterocycles. The van der Waals surface area contributed by atoms with Gasteiger partial charge in [-0.1, -0.05) is 0 Å². The maximum Gasteiger partial charge on any atom is 0.404 e. The number of nitrogens with zero attached hydrogens (tertiary/aromatic N) is 3. The standard InChI is InChI=1S/C15H18N4O5/c1-23-14-7-12-9(6-13(14)19(21)22)8-18(17-12)10-2-4-11(5-3-10)24-15(16)20/h6-8,10-11H,2-5H2,1H3,(H2,16,20)/t10-,11-. The molecule has 1 aliphatic rings. The summed E-state index contributed by atoms with van der Waals surface area (Å²) in [5.74, 6) is 0.191. The highest BCUT2D eigenvalue weighted by molar-refractivity contribution is 5.83. The number of carbonyl (C=O) groups is 1. The number of nitro benzene ring substituents is 1. The van der Waals surface area contributed by atoms with Crippen molar-refractivity contribution in [2.45, 2.75) is 37.8 Å². The van der Waals surface area contributed by atoms with Crippen molar-refractivity contribution in [3.8, 4) is 5.75 Å². The number of benzene rings is 1. The van der Waals surface area contributed by atoms with E-state index in [0.717, 1.165) is 12.8 Å². The topological polar surface area (TPSA) is 123 Å². The van der Waals surface area contributed by atoms with Crippen molar-refractivity contribution in [3.05, 3.63) is 28.4 Å². The molecular weight excluding hydrogens is 316 g/mol. The van der Waals surface area contributed by atoms with E-state index in [4.69, 9.17) is 15.2 Å². The SMILES string of the molecule is COc1cc2nn([C@H]3CC[C@H](OC(N)=O)CC3)cc2cc1[N+](=O)[O-]. The van der Waals surface area contributed by atoms with Crippen molar-refractivity contribution in [2.24, 2.45) is 5.73 Å². The molecule has 3 rings (SSSR count). The van der Waals surface area contributed by atoms with Crippen LogP contribution in [0.3, 0.4) is 0 Å². The van der Waals surface area contributed by atoms with Gasteiger partial charge in [-0.3, -0.25) is 14.8 Å². The molecule has 0 bridgehead atoms. The Balaban J connectivity index is 1.81. The smallest absolute Gasteiger partial charge is 0.404 e. The van der Waals surface area contributed by atoms with Crippen LogP contribution in [0.4, 0.5) is 10.5 Å². The fourth-order valence-corrected chi connectivity index (χ4v) is 3.14. The van der Waals surface area contributed by atoms with E-state index in [1.807, 2.05) is 10.9 Å². The van der Waals surface area contributed by atoms with Crippen molar-refractivity contribution in [3.63, 3.8) is 0 Å². The van der Waals surface area contributed by atoms with E-state index in [9.17, 15) is 14.9 Å². The van der Waals surface area contributed by atoms with Crippen LogP contribution in [-0.4, -0.2) is 34.0 Å². The molecule has 0 radical (unpaired) electrons. The first-order chi connectivity index (χ1) is 11.5. The first-order valence-corrected chi connectivity index (χ1v) is 7.65. The van der Waals surface area contributed by atoms with Crippen LogP contribution >= 0.6 is 0 Å². The molecule has 9 heteroatoms. The third-order valence-electron chi connectivity index (χ3n) is 4.32. The zero-order valence-electron chi connectivity index (χ0n) is 13.2. The maximum absolute atomic E-state index is 11.1. The minimum absolute atomic E-state index is 0.0804. The summed E-state index contributed by atoms with van der Waals surface area (Å²) >= 11 is 0. The summed E-state index contributed by atoms with van der Waals surface area (Å²) in [5.41, 5.74) is 5.61. The van der Waals surface area contributed by atoms with Gasteiger partial charge in [0.05, 0.1) is 23.6 Å². The van der Waals surface area contributed by atoms with E-state index in [0.29, 0.717) is 23.7 Å². The summed E-state index contributed by atoms with van der Waals surface area (Å²) in [4.78, 5) is 21.4. The van der Waals surface area contributed by atoms with Gasteiger partial charge in [0.15, 0.2) is 5.75 Å². The largest absolute Gasteiger partial charge is 0.490 e. The molecule has 0 unspecified atom stereocenters. The number of hydrogen-bond acceptors (Lipinski definition) is 6. The van der Waals surface area contributed by atoms with Crippen molar-refractivity contribution >= 4 is 22.7 Å². The summed E-state index contributed by atoms with van der Waals surface area (Å²) < 4.78 is 11.9. The Kier molecular flexibility index (Phi) is 4.24. The lowest BCUT2D eigenvalue weighted by molar-refractivity contribution is -0.385. The fourth-order valence-electron chi connectivity index (χ4n) is 3.14. The van der Waals surface area contributed by atoms with E-state index in [1.54, 1.807) is 6.07 Å². The first-order valence-electron chi connectivity index (χ1n) is 7.65. The van der Waals surface area contributed by atoms with E-state index in [-0.39, 0.29) is 23.6 Å². The second-order valence-electron chi connectivity index (χ2n) is 5.82. The molecule has 1 aliphatic carbocycles. The van der Waals surface area contributed by atoms with E-state index in [2.05, 4.69) is 5.10 Å². The van der Waals surface area contributed by atoms with Crippen LogP contribution in [0.25, 0.3) is 10.9 Å². The zero-order chi connectivity index (χ0) is 17.3. The third kappa shape index (κ3) is 3.10. The Morgan fingerprint density at radius 2 is 2.08 bits per heavy atom. The molecule has 1 saturated carbocycles. The number of aromatic nitrogens is 2.